The van der Waals surface area contributed by atoms with E-state index in [2.05, 4.69) is 16.8 Å². The number of amides is 3. The zero-order chi connectivity index (χ0) is 10.3. The van der Waals surface area contributed by atoms with Gasteiger partial charge in [-0.3, -0.25) is 4.79 Å². The monoisotopic (exact) mass is 183 g/mol. The summed E-state index contributed by atoms with van der Waals surface area (Å²) in [5, 5.41) is 6.36. The fourth-order valence-corrected chi connectivity index (χ4v) is 0.675. The van der Waals surface area contributed by atoms with Crippen LogP contribution < -0.4 is 0 Å². The van der Waals surface area contributed by atoms with Crippen LogP contribution in [0.1, 0.15) is 13.8 Å². The molecule has 0 saturated heterocycles. The Morgan fingerprint density at radius 1 is 1.46 bits per heavy atom. The maximum atomic E-state index is 11.1. The van der Waals surface area contributed by atoms with Crippen molar-refractivity contribution in [2.75, 3.05) is 13.1 Å². The summed E-state index contributed by atoms with van der Waals surface area (Å²) in [6, 6.07) is -0.516. The van der Waals surface area contributed by atoms with Crippen LogP contribution in [-0.2, 0) is 4.79 Å². The maximum absolute atomic E-state index is 11.1. The number of likely N-dealkylation sites (N-methyl/N-ethyl adjacent to an activating group) is 1. The van der Waals surface area contributed by atoms with E-state index in [1.54, 1.807) is 6.08 Å². The second-order valence-electron chi connectivity index (χ2n) is 2.33. The Balaban J connectivity index is 4.20. The summed E-state index contributed by atoms with van der Waals surface area (Å²) in [5.74, 6) is -0.483. The predicted molar refractivity (Wildman–Crippen MR) is 48.4 cm³/mol. The third-order valence-corrected chi connectivity index (χ3v) is 1.28. The van der Waals surface area contributed by atoms with Crippen molar-refractivity contribution < 1.29 is 9.59 Å². The molecule has 0 aliphatic heterocycles. The van der Waals surface area contributed by atoms with E-state index in [1.165, 1.54) is 11.8 Å². The molecule has 0 aromatic rings. The second-order valence-corrected chi connectivity index (χ2v) is 2.33. The Morgan fingerprint density at radius 2 is 2.08 bits per heavy atom. The molecular formula is C8H13N3O2. The molecule has 0 atom stereocenters. The summed E-state index contributed by atoms with van der Waals surface area (Å²) >= 11 is 0. The molecule has 0 aromatic heterocycles. The van der Waals surface area contributed by atoms with E-state index in [1.807, 2.05) is 6.92 Å². The van der Waals surface area contributed by atoms with E-state index < -0.39 is 11.9 Å². The first-order chi connectivity index (χ1) is 6.11. The molecule has 0 N–H and O–H groups in total. The summed E-state index contributed by atoms with van der Waals surface area (Å²) in [5.41, 5.74) is 0. The molecule has 0 radical (unpaired) electrons. The Morgan fingerprint density at radius 3 is 2.46 bits per heavy atom. The Labute approximate surface area is 77.1 Å². The fraction of sp³-hybridized carbons (Fsp3) is 0.500. The highest BCUT2D eigenvalue weighted by Gasteiger charge is 2.07. The lowest BCUT2D eigenvalue weighted by atomic mass is 10.5. The van der Waals surface area contributed by atoms with Gasteiger partial charge in [-0.05, 0) is 6.92 Å². The van der Waals surface area contributed by atoms with Crippen LogP contribution in [0, 0.1) is 0 Å². The number of azo groups is 1. The molecule has 0 unspecified atom stereocenters. The molecule has 0 bridgehead atoms. The summed E-state index contributed by atoms with van der Waals surface area (Å²) in [6.07, 6.45) is 1.59. The predicted octanol–water partition coefficient (Wildman–Crippen LogP) is 1.61. The van der Waals surface area contributed by atoms with Gasteiger partial charge in [-0.2, -0.15) is 0 Å². The largest absolute Gasteiger partial charge is 0.362 e. The average Bonchev–Trinajstić information content (AvgIpc) is 2.10. The SMILES string of the molecule is C=CCN(CC)C(=O)N=NC(C)=O. The van der Waals surface area contributed by atoms with Crippen molar-refractivity contribution in [3.63, 3.8) is 0 Å². The van der Waals surface area contributed by atoms with E-state index in [0.717, 1.165) is 0 Å². The van der Waals surface area contributed by atoms with Gasteiger partial charge < -0.3 is 4.90 Å². The molecule has 0 fully saturated rings. The normalized spacial score (nSPS) is 10.0. The van der Waals surface area contributed by atoms with Crippen LogP contribution in [0.3, 0.4) is 0 Å². The van der Waals surface area contributed by atoms with E-state index in [4.69, 9.17) is 0 Å². The van der Waals surface area contributed by atoms with E-state index >= 15 is 0 Å². The molecule has 0 aliphatic rings. The van der Waals surface area contributed by atoms with Gasteiger partial charge in [0.15, 0.2) is 0 Å². The lowest BCUT2D eigenvalue weighted by Gasteiger charge is -2.14. The van der Waals surface area contributed by atoms with Gasteiger partial charge in [0, 0.05) is 20.0 Å². The quantitative estimate of drug-likeness (QED) is 0.493. The van der Waals surface area contributed by atoms with Crippen LogP contribution in [0.5, 0.6) is 0 Å². The molecule has 13 heavy (non-hydrogen) atoms. The first kappa shape index (κ1) is 11.5. The van der Waals surface area contributed by atoms with E-state index in [0.29, 0.717) is 13.1 Å². The van der Waals surface area contributed by atoms with Gasteiger partial charge in [0.1, 0.15) is 0 Å². The minimum absolute atomic E-state index is 0.409. The third-order valence-electron chi connectivity index (χ3n) is 1.28. The molecule has 0 aromatic carbocycles. The minimum atomic E-state index is -0.516. The highest BCUT2D eigenvalue weighted by atomic mass is 16.2. The number of carbonyl (C=O) groups is 2. The highest BCUT2D eigenvalue weighted by molar-refractivity contribution is 5.79. The first-order valence-corrected chi connectivity index (χ1v) is 3.94. The van der Waals surface area contributed by atoms with Crippen LogP contribution >= 0.6 is 0 Å². The number of urea groups is 1. The fourth-order valence-electron chi connectivity index (χ4n) is 0.675. The number of carbonyl (C=O) groups excluding carboxylic acids is 2. The first-order valence-electron chi connectivity index (χ1n) is 3.94. The zero-order valence-electron chi connectivity index (χ0n) is 7.86. The van der Waals surface area contributed by atoms with Gasteiger partial charge in [-0.25, -0.2) is 4.79 Å². The van der Waals surface area contributed by atoms with Crippen LogP contribution in [0.15, 0.2) is 22.9 Å². The molecule has 0 spiro atoms. The van der Waals surface area contributed by atoms with Gasteiger partial charge in [-0.1, -0.05) is 11.2 Å². The summed E-state index contributed by atoms with van der Waals surface area (Å²) in [4.78, 5) is 22.9. The van der Waals surface area contributed by atoms with Crippen molar-refractivity contribution in [1.29, 1.82) is 0 Å². The van der Waals surface area contributed by atoms with Crippen LogP contribution in [-0.4, -0.2) is 29.9 Å². The van der Waals surface area contributed by atoms with Gasteiger partial charge >= 0.3 is 6.03 Å². The summed E-state index contributed by atoms with van der Waals surface area (Å²) < 4.78 is 0. The third kappa shape index (κ3) is 4.84. The zero-order valence-corrected chi connectivity index (χ0v) is 7.86. The van der Waals surface area contributed by atoms with Crippen LogP contribution in [0.4, 0.5) is 4.79 Å². The van der Waals surface area contributed by atoms with Crippen molar-refractivity contribution in [2.45, 2.75) is 13.8 Å². The number of rotatable bonds is 3. The summed E-state index contributed by atoms with van der Waals surface area (Å²) in [7, 11) is 0. The van der Waals surface area contributed by atoms with Gasteiger partial charge in [0.05, 0.1) is 0 Å². The molecule has 5 heteroatoms. The van der Waals surface area contributed by atoms with Crippen LogP contribution in [0.25, 0.3) is 0 Å². The lowest BCUT2D eigenvalue weighted by Crippen LogP contribution is -2.27. The van der Waals surface area contributed by atoms with Gasteiger partial charge in [-0.15, -0.1) is 11.7 Å². The molecule has 0 heterocycles. The average molecular weight is 183 g/mol. The molecule has 0 aliphatic carbocycles. The Hall–Kier alpha value is -1.52. The maximum Gasteiger partial charge on any atom is 0.362 e. The van der Waals surface area contributed by atoms with Crippen molar-refractivity contribution in [2.24, 2.45) is 10.2 Å². The van der Waals surface area contributed by atoms with Gasteiger partial charge in [0.2, 0.25) is 0 Å². The molecule has 72 valence electrons. The topological polar surface area (TPSA) is 62.1 Å². The molecule has 3 amide bonds. The minimum Gasteiger partial charge on any atom is -0.318 e. The number of hydrogen-bond donors (Lipinski definition) is 0. The molecular weight excluding hydrogens is 170 g/mol. The second kappa shape index (κ2) is 6.05. The molecule has 0 saturated carbocycles. The lowest BCUT2D eigenvalue weighted by molar-refractivity contribution is -0.116. The van der Waals surface area contributed by atoms with E-state index in [-0.39, 0.29) is 0 Å². The number of hydrogen-bond acceptors (Lipinski definition) is 2. The molecule has 0 rings (SSSR count). The smallest absolute Gasteiger partial charge is 0.318 e. The van der Waals surface area contributed by atoms with E-state index in [9.17, 15) is 9.59 Å². The summed E-state index contributed by atoms with van der Waals surface area (Å²) in [6.45, 7) is 7.46. The van der Waals surface area contributed by atoms with Crippen molar-refractivity contribution >= 4 is 11.9 Å². The Bertz CT molecular complexity index is 236. The molecule has 5 nitrogen and oxygen atoms in total. The van der Waals surface area contributed by atoms with Gasteiger partial charge in [0.25, 0.3) is 5.91 Å². The standard InChI is InChI=1S/C8H13N3O2/c1-4-6-11(5-2)8(13)10-9-7(3)12/h4H,1,5-6H2,2-3H3. The van der Waals surface area contributed by atoms with Crippen molar-refractivity contribution in [3.05, 3.63) is 12.7 Å². The number of nitrogens with zero attached hydrogens (tertiary/aromatic N) is 3. The van der Waals surface area contributed by atoms with Crippen molar-refractivity contribution in [3.8, 4) is 0 Å². The Kier molecular flexibility index (Phi) is 5.34. The van der Waals surface area contributed by atoms with Crippen LogP contribution in [0.2, 0.25) is 0 Å². The van der Waals surface area contributed by atoms with Crippen molar-refractivity contribution in [1.82, 2.24) is 4.90 Å². The highest BCUT2D eigenvalue weighted by Crippen LogP contribution is 1.94.